The minimum Gasteiger partial charge on any atom is -0.252 e. The molecular weight excluding hydrogens is 414 g/mol. The lowest BCUT2D eigenvalue weighted by Crippen LogP contribution is -2.44. The monoisotopic (exact) mass is 441 g/mol. The molecule has 2 heterocycles. The third-order valence-corrected chi connectivity index (χ3v) is 8.48. The van der Waals surface area contributed by atoms with Crippen LogP contribution in [-0.4, -0.2) is 48.0 Å². The molecule has 2 aliphatic rings. The molecule has 2 aromatic rings. The predicted octanol–water partition coefficient (Wildman–Crippen LogP) is 4.60. The molecule has 0 N–H and O–H groups in total. The molecule has 158 valence electrons. The lowest BCUT2D eigenvalue weighted by molar-refractivity contribution is 0.249. The fourth-order valence-electron chi connectivity index (χ4n) is 3.77. The standard InChI is InChI=1S/C23H27N3O2S2/c1-2-3-18-29-22-21(19-10-6-4-7-11-19)24-23(25-22)14-16-26(17-15-23)30(27,28)20-12-8-5-9-13-20/h4-13H,2-3,14-18H2,1H3. The van der Waals surface area contributed by atoms with Gasteiger partial charge in [0.15, 0.2) is 5.66 Å². The van der Waals surface area contributed by atoms with Crippen LogP contribution in [0.4, 0.5) is 0 Å². The van der Waals surface area contributed by atoms with Gasteiger partial charge in [-0.15, -0.1) is 11.8 Å². The highest BCUT2D eigenvalue weighted by Crippen LogP contribution is 2.37. The largest absolute Gasteiger partial charge is 0.252 e. The minimum absolute atomic E-state index is 0.347. The smallest absolute Gasteiger partial charge is 0.243 e. The first-order valence-electron chi connectivity index (χ1n) is 10.5. The fourth-order valence-corrected chi connectivity index (χ4v) is 6.39. The molecule has 0 saturated carbocycles. The zero-order valence-corrected chi connectivity index (χ0v) is 18.8. The van der Waals surface area contributed by atoms with Crippen LogP contribution in [0.2, 0.25) is 0 Å². The van der Waals surface area contributed by atoms with E-state index in [1.54, 1.807) is 40.3 Å². The molecule has 5 nitrogen and oxygen atoms in total. The van der Waals surface area contributed by atoms with Crippen molar-refractivity contribution in [2.24, 2.45) is 9.98 Å². The molecule has 0 bridgehead atoms. The van der Waals surface area contributed by atoms with Gasteiger partial charge in [0.2, 0.25) is 10.0 Å². The van der Waals surface area contributed by atoms with Gasteiger partial charge in [-0.05, 0) is 24.3 Å². The number of sulfonamides is 1. The van der Waals surface area contributed by atoms with E-state index >= 15 is 0 Å². The van der Waals surface area contributed by atoms with Crippen molar-refractivity contribution in [3.05, 3.63) is 66.2 Å². The van der Waals surface area contributed by atoms with E-state index in [1.807, 2.05) is 24.3 Å². The number of unbranched alkanes of at least 4 members (excludes halogenated alkanes) is 1. The van der Waals surface area contributed by atoms with E-state index in [2.05, 4.69) is 19.1 Å². The Balaban J connectivity index is 1.55. The third kappa shape index (κ3) is 4.38. The Morgan fingerprint density at radius 3 is 2.23 bits per heavy atom. The molecule has 7 heteroatoms. The first-order chi connectivity index (χ1) is 14.5. The van der Waals surface area contributed by atoms with Crippen LogP contribution >= 0.6 is 11.8 Å². The van der Waals surface area contributed by atoms with Crippen molar-refractivity contribution < 1.29 is 8.42 Å². The number of hydrogen-bond donors (Lipinski definition) is 0. The Hall–Kier alpha value is -1.96. The summed E-state index contributed by atoms with van der Waals surface area (Å²) >= 11 is 1.77. The molecule has 2 aromatic carbocycles. The van der Waals surface area contributed by atoms with Crippen molar-refractivity contribution in [1.82, 2.24) is 4.31 Å². The van der Waals surface area contributed by atoms with Crippen molar-refractivity contribution in [3.63, 3.8) is 0 Å². The zero-order chi connectivity index (χ0) is 21.0. The molecule has 4 rings (SSSR count). The second-order valence-electron chi connectivity index (χ2n) is 7.65. The van der Waals surface area contributed by atoms with Gasteiger partial charge in [-0.1, -0.05) is 61.9 Å². The molecule has 0 aliphatic carbocycles. The molecule has 0 unspecified atom stereocenters. The van der Waals surface area contributed by atoms with Crippen LogP contribution in [0.1, 0.15) is 38.2 Å². The number of thioether (sulfide) groups is 1. The molecule has 0 aromatic heterocycles. The van der Waals surface area contributed by atoms with E-state index in [4.69, 9.17) is 9.98 Å². The maximum Gasteiger partial charge on any atom is 0.243 e. The molecule has 1 fully saturated rings. The first kappa shape index (κ1) is 21.3. The highest BCUT2D eigenvalue weighted by molar-refractivity contribution is 8.15. The maximum absolute atomic E-state index is 13.0. The van der Waals surface area contributed by atoms with Crippen molar-refractivity contribution in [1.29, 1.82) is 0 Å². The van der Waals surface area contributed by atoms with E-state index in [0.29, 0.717) is 30.8 Å². The Morgan fingerprint density at radius 1 is 0.967 bits per heavy atom. The van der Waals surface area contributed by atoms with Gasteiger partial charge < -0.3 is 0 Å². The lowest BCUT2D eigenvalue weighted by Gasteiger charge is -2.34. The summed E-state index contributed by atoms with van der Waals surface area (Å²) in [7, 11) is -3.47. The summed E-state index contributed by atoms with van der Waals surface area (Å²) < 4.78 is 27.5. The Kier molecular flexibility index (Phi) is 6.41. The van der Waals surface area contributed by atoms with Gasteiger partial charge >= 0.3 is 0 Å². The molecule has 1 saturated heterocycles. The SMILES string of the molecule is CCCCSC1=NC2(CCN(S(=O)(=O)c3ccccc3)CC2)N=C1c1ccccc1. The highest BCUT2D eigenvalue weighted by Gasteiger charge is 2.42. The summed E-state index contributed by atoms with van der Waals surface area (Å²) in [6, 6.07) is 18.8. The van der Waals surface area contributed by atoms with Crippen LogP contribution < -0.4 is 0 Å². The number of benzene rings is 2. The minimum atomic E-state index is -3.47. The Labute approximate surface area is 183 Å². The summed E-state index contributed by atoms with van der Waals surface area (Å²) in [6.07, 6.45) is 3.50. The van der Waals surface area contributed by atoms with Gasteiger partial charge in [0.1, 0.15) is 5.04 Å². The van der Waals surface area contributed by atoms with E-state index in [1.165, 1.54) is 0 Å². The second kappa shape index (κ2) is 9.04. The van der Waals surface area contributed by atoms with E-state index in [9.17, 15) is 8.42 Å². The molecular formula is C23H27N3O2S2. The average Bonchev–Trinajstić information content (AvgIpc) is 3.13. The molecule has 0 amide bonds. The third-order valence-electron chi connectivity index (χ3n) is 5.52. The number of piperidine rings is 1. The maximum atomic E-state index is 13.0. The quantitative estimate of drug-likeness (QED) is 0.616. The van der Waals surface area contributed by atoms with Crippen molar-refractivity contribution in [3.8, 4) is 0 Å². The fraction of sp³-hybridized carbons (Fsp3) is 0.391. The van der Waals surface area contributed by atoms with Gasteiger partial charge in [0.05, 0.1) is 10.6 Å². The average molecular weight is 442 g/mol. The lowest BCUT2D eigenvalue weighted by atomic mass is 10.00. The zero-order valence-electron chi connectivity index (χ0n) is 17.2. The summed E-state index contributed by atoms with van der Waals surface area (Å²) in [5.74, 6) is 1.02. The Bertz CT molecular complexity index is 1030. The van der Waals surface area contributed by atoms with Crippen LogP contribution in [0, 0.1) is 0 Å². The van der Waals surface area contributed by atoms with Crippen LogP contribution in [0.3, 0.4) is 0 Å². The van der Waals surface area contributed by atoms with Crippen LogP contribution in [0.5, 0.6) is 0 Å². The first-order valence-corrected chi connectivity index (χ1v) is 12.9. The number of aliphatic imine (C=N–C) groups is 2. The number of rotatable bonds is 6. The highest BCUT2D eigenvalue weighted by atomic mass is 32.2. The predicted molar refractivity (Wildman–Crippen MR) is 125 cm³/mol. The molecule has 0 radical (unpaired) electrons. The van der Waals surface area contributed by atoms with Crippen molar-refractivity contribution >= 4 is 32.5 Å². The summed E-state index contributed by atoms with van der Waals surface area (Å²) in [5, 5.41) is 0.994. The van der Waals surface area contributed by atoms with Gasteiger partial charge in [-0.2, -0.15) is 4.31 Å². The molecule has 1 spiro atoms. The van der Waals surface area contributed by atoms with Crippen LogP contribution in [0.25, 0.3) is 0 Å². The molecule has 30 heavy (non-hydrogen) atoms. The van der Waals surface area contributed by atoms with Crippen molar-refractivity contribution in [2.45, 2.75) is 43.2 Å². The van der Waals surface area contributed by atoms with Crippen LogP contribution in [-0.2, 0) is 10.0 Å². The normalized spacial score (nSPS) is 19.0. The van der Waals surface area contributed by atoms with E-state index in [0.717, 1.165) is 34.9 Å². The molecule has 2 aliphatic heterocycles. The van der Waals surface area contributed by atoms with Gasteiger partial charge in [0.25, 0.3) is 0 Å². The Morgan fingerprint density at radius 2 is 1.60 bits per heavy atom. The van der Waals surface area contributed by atoms with E-state index < -0.39 is 15.7 Å². The van der Waals surface area contributed by atoms with Gasteiger partial charge in [0, 0.05) is 31.5 Å². The summed E-state index contributed by atoms with van der Waals surface area (Å²) in [5.41, 5.74) is 1.50. The summed E-state index contributed by atoms with van der Waals surface area (Å²) in [4.78, 5) is 10.5. The molecule has 0 atom stereocenters. The summed E-state index contributed by atoms with van der Waals surface area (Å²) in [6.45, 7) is 3.05. The van der Waals surface area contributed by atoms with Crippen molar-refractivity contribution in [2.75, 3.05) is 18.8 Å². The second-order valence-corrected chi connectivity index (χ2v) is 10.7. The topological polar surface area (TPSA) is 62.1 Å². The van der Waals surface area contributed by atoms with Gasteiger partial charge in [-0.3, -0.25) is 4.99 Å². The van der Waals surface area contributed by atoms with Gasteiger partial charge in [-0.25, -0.2) is 13.4 Å². The number of hydrogen-bond acceptors (Lipinski definition) is 5. The van der Waals surface area contributed by atoms with Crippen LogP contribution in [0.15, 0.2) is 75.5 Å². The van der Waals surface area contributed by atoms with E-state index in [-0.39, 0.29) is 0 Å². The number of nitrogens with zero attached hydrogens (tertiary/aromatic N) is 3.